The number of anilines is 1. The number of aliphatic hydroxyl groups excluding tert-OH is 1. The van der Waals surface area contributed by atoms with Crippen molar-refractivity contribution < 1.29 is 19.4 Å². The van der Waals surface area contributed by atoms with E-state index in [0.29, 0.717) is 24.6 Å². The fourth-order valence-corrected chi connectivity index (χ4v) is 3.69. The minimum absolute atomic E-state index is 0.120. The molecule has 0 aliphatic carbocycles. The number of carbonyl (C=O) groups is 1. The Labute approximate surface area is 214 Å². The van der Waals surface area contributed by atoms with Crippen LogP contribution in [0, 0.1) is 0 Å². The SMILES string of the molecule is CC(=O)Nc1ccc(OCC(O)CNCCN(Cc2ccccc2)C(C)COc2ccccc2)cc1. The number of nitrogens with zero attached hydrogens (tertiary/aromatic N) is 1. The Morgan fingerprint density at radius 3 is 2.17 bits per heavy atom. The van der Waals surface area contributed by atoms with Gasteiger partial charge in [-0.3, -0.25) is 9.69 Å². The Balaban J connectivity index is 1.41. The number of aliphatic hydroxyl groups is 1. The van der Waals surface area contributed by atoms with Crippen LogP contribution in [0.15, 0.2) is 84.9 Å². The molecule has 36 heavy (non-hydrogen) atoms. The minimum atomic E-state index is -0.638. The van der Waals surface area contributed by atoms with Gasteiger partial charge < -0.3 is 25.2 Å². The summed E-state index contributed by atoms with van der Waals surface area (Å²) in [5, 5.41) is 16.4. The molecule has 3 N–H and O–H groups in total. The van der Waals surface area contributed by atoms with Crippen LogP contribution < -0.4 is 20.1 Å². The maximum absolute atomic E-state index is 11.1. The zero-order valence-corrected chi connectivity index (χ0v) is 21.1. The van der Waals surface area contributed by atoms with Crippen molar-refractivity contribution in [2.45, 2.75) is 32.5 Å². The fourth-order valence-electron chi connectivity index (χ4n) is 3.69. The third-order valence-corrected chi connectivity index (χ3v) is 5.66. The number of benzene rings is 3. The van der Waals surface area contributed by atoms with Crippen LogP contribution in [0.5, 0.6) is 11.5 Å². The topological polar surface area (TPSA) is 83.1 Å². The highest BCUT2D eigenvalue weighted by Crippen LogP contribution is 2.16. The van der Waals surface area contributed by atoms with Crippen molar-refractivity contribution in [1.29, 1.82) is 0 Å². The summed E-state index contributed by atoms with van der Waals surface area (Å²) in [7, 11) is 0. The van der Waals surface area contributed by atoms with E-state index in [4.69, 9.17) is 9.47 Å². The molecule has 0 aliphatic heterocycles. The second-order valence-electron chi connectivity index (χ2n) is 8.80. The zero-order chi connectivity index (χ0) is 25.6. The molecule has 3 rings (SSSR count). The van der Waals surface area contributed by atoms with E-state index in [0.717, 1.165) is 25.4 Å². The van der Waals surface area contributed by atoms with Crippen LogP contribution in [0.1, 0.15) is 19.4 Å². The molecule has 192 valence electrons. The monoisotopic (exact) mass is 491 g/mol. The van der Waals surface area contributed by atoms with Crippen molar-refractivity contribution in [3.63, 3.8) is 0 Å². The quantitative estimate of drug-likeness (QED) is 0.279. The van der Waals surface area contributed by atoms with Crippen molar-refractivity contribution in [2.75, 3.05) is 38.2 Å². The molecular weight excluding hydrogens is 454 g/mol. The first-order valence-corrected chi connectivity index (χ1v) is 12.3. The highest BCUT2D eigenvalue weighted by atomic mass is 16.5. The summed E-state index contributed by atoms with van der Waals surface area (Å²) >= 11 is 0. The molecule has 0 saturated heterocycles. The fraction of sp³-hybridized carbons (Fsp3) is 0.345. The van der Waals surface area contributed by atoms with Crippen LogP contribution in [0.2, 0.25) is 0 Å². The molecule has 7 heteroatoms. The molecule has 7 nitrogen and oxygen atoms in total. The standard InChI is InChI=1S/C29H37N3O4/c1-23(21-35-28-11-7-4-8-12-28)32(20-25-9-5-3-6-10-25)18-17-30-19-27(34)22-36-29-15-13-26(14-16-29)31-24(2)33/h3-16,23,27,30,34H,17-22H2,1-2H3,(H,31,33). The van der Waals surface area contributed by atoms with E-state index in [2.05, 4.69) is 46.7 Å². The Bertz CT molecular complexity index is 1020. The first-order valence-electron chi connectivity index (χ1n) is 12.3. The molecule has 0 spiro atoms. The third kappa shape index (κ3) is 10.1. The largest absolute Gasteiger partial charge is 0.492 e. The third-order valence-electron chi connectivity index (χ3n) is 5.66. The molecule has 3 aromatic carbocycles. The number of carbonyl (C=O) groups excluding carboxylic acids is 1. The van der Waals surface area contributed by atoms with Gasteiger partial charge in [-0.2, -0.15) is 0 Å². The molecule has 0 fully saturated rings. The number of para-hydroxylation sites is 1. The van der Waals surface area contributed by atoms with E-state index < -0.39 is 6.10 Å². The summed E-state index contributed by atoms with van der Waals surface area (Å²) in [6, 6.07) is 27.6. The molecule has 0 aromatic heterocycles. The van der Waals surface area contributed by atoms with E-state index in [1.807, 2.05) is 36.4 Å². The van der Waals surface area contributed by atoms with Crippen LogP contribution >= 0.6 is 0 Å². The molecule has 0 aliphatic rings. The van der Waals surface area contributed by atoms with Crippen LogP contribution in [0.3, 0.4) is 0 Å². The smallest absolute Gasteiger partial charge is 0.221 e. The van der Waals surface area contributed by atoms with Crippen molar-refractivity contribution in [2.24, 2.45) is 0 Å². The van der Waals surface area contributed by atoms with E-state index in [-0.39, 0.29) is 18.6 Å². The van der Waals surface area contributed by atoms with Crippen molar-refractivity contribution in [3.05, 3.63) is 90.5 Å². The summed E-state index contributed by atoms with van der Waals surface area (Å²) in [6.45, 7) is 7.20. The highest BCUT2D eigenvalue weighted by Gasteiger charge is 2.15. The molecule has 0 bridgehead atoms. The van der Waals surface area contributed by atoms with E-state index in [9.17, 15) is 9.90 Å². The van der Waals surface area contributed by atoms with Gasteiger partial charge in [0.2, 0.25) is 5.91 Å². The molecule has 1 amide bonds. The summed E-state index contributed by atoms with van der Waals surface area (Å²) < 4.78 is 11.7. The Hall–Kier alpha value is -3.39. The van der Waals surface area contributed by atoms with Gasteiger partial charge in [0.05, 0.1) is 0 Å². The molecular formula is C29H37N3O4. The van der Waals surface area contributed by atoms with Gasteiger partial charge in [-0.05, 0) is 48.9 Å². The number of nitrogens with one attached hydrogen (secondary N) is 2. The molecule has 3 aromatic rings. The summed E-state index contributed by atoms with van der Waals surface area (Å²) in [5.74, 6) is 1.39. The lowest BCUT2D eigenvalue weighted by atomic mass is 10.2. The van der Waals surface area contributed by atoms with E-state index >= 15 is 0 Å². The van der Waals surface area contributed by atoms with Crippen molar-refractivity contribution in [1.82, 2.24) is 10.2 Å². The van der Waals surface area contributed by atoms with Gasteiger partial charge in [0, 0.05) is 44.8 Å². The summed E-state index contributed by atoms with van der Waals surface area (Å²) in [5.41, 5.74) is 1.96. The first kappa shape index (κ1) is 27.2. The van der Waals surface area contributed by atoms with Crippen molar-refractivity contribution >= 4 is 11.6 Å². The van der Waals surface area contributed by atoms with Gasteiger partial charge in [0.25, 0.3) is 0 Å². The van der Waals surface area contributed by atoms with Gasteiger partial charge in [-0.15, -0.1) is 0 Å². The van der Waals surface area contributed by atoms with E-state index in [1.54, 1.807) is 24.3 Å². The zero-order valence-electron chi connectivity index (χ0n) is 21.1. The lowest BCUT2D eigenvalue weighted by Crippen LogP contribution is -2.42. The van der Waals surface area contributed by atoms with Crippen LogP contribution in [0.25, 0.3) is 0 Å². The summed E-state index contributed by atoms with van der Waals surface area (Å²) in [4.78, 5) is 13.5. The Kier molecular flexibility index (Phi) is 11.2. The molecule has 0 saturated carbocycles. The summed E-state index contributed by atoms with van der Waals surface area (Å²) in [6.07, 6.45) is -0.638. The maximum Gasteiger partial charge on any atom is 0.221 e. The Morgan fingerprint density at radius 2 is 1.50 bits per heavy atom. The second kappa shape index (κ2) is 14.9. The molecule has 0 heterocycles. The van der Waals surface area contributed by atoms with Gasteiger partial charge in [0.15, 0.2) is 0 Å². The number of hydrogen-bond acceptors (Lipinski definition) is 6. The lowest BCUT2D eigenvalue weighted by Gasteiger charge is -2.29. The number of hydrogen-bond donors (Lipinski definition) is 3. The first-order chi connectivity index (χ1) is 17.5. The van der Waals surface area contributed by atoms with Crippen LogP contribution in [-0.4, -0.2) is 60.9 Å². The van der Waals surface area contributed by atoms with Gasteiger partial charge in [0.1, 0.15) is 30.8 Å². The molecule has 2 unspecified atom stereocenters. The minimum Gasteiger partial charge on any atom is -0.492 e. The van der Waals surface area contributed by atoms with Gasteiger partial charge in [-0.25, -0.2) is 0 Å². The van der Waals surface area contributed by atoms with Crippen LogP contribution in [-0.2, 0) is 11.3 Å². The van der Waals surface area contributed by atoms with Crippen LogP contribution in [0.4, 0.5) is 5.69 Å². The number of amides is 1. The Morgan fingerprint density at radius 1 is 0.889 bits per heavy atom. The molecule has 0 radical (unpaired) electrons. The van der Waals surface area contributed by atoms with E-state index in [1.165, 1.54) is 12.5 Å². The number of ether oxygens (including phenoxy) is 2. The van der Waals surface area contributed by atoms with Gasteiger partial charge >= 0.3 is 0 Å². The highest BCUT2D eigenvalue weighted by molar-refractivity contribution is 5.88. The number of rotatable bonds is 15. The average molecular weight is 492 g/mol. The second-order valence-corrected chi connectivity index (χ2v) is 8.80. The van der Waals surface area contributed by atoms with Gasteiger partial charge in [-0.1, -0.05) is 48.5 Å². The maximum atomic E-state index is 11.1. The predicted molar refractivity (Wildman–Crippen MR) is 143 cm³/mol. The normalized spacial score (nSPS) is 12.7. The van der Waals surface area contributed by atoms with Crippen molar-refractivity contribution in [3.8, 4) is 11.5 Å². The molecule has 2 atom stereocenters. The predicted octanol–water partition coefficient (Wildman–Crippen LogP) is 3.94. The lowest BCUT2D eigenvalue weighted by molar-refractivity contribution is -0.114. The average Bonchev–Trinajstić information content (AvgIpc) is 2.89.